The third kappa shape index (κ3) is 2.94. The molecule has 0 saturated carbocycles. The molecule has 0 aromatic heterocycles. The lowest BCUT2D eigenvalue weighted by Gasteiger charge is -2.38. The van der Waals surface area contributed by atoms with Crippen LogP contribution in [0.25, 0.3) is 5.57 Å². The lowest BCUT2D eigenvalue weighted by molar-refractivity contribution is -0.151. The second-order valence-electron chi connectivity index (χ2n) is 7.34. The number of carbonyl (C=O) groups excluding carboxylic acids is 1. The summed E-state index contributed by atoms with van der Waals surface area (Å²) in [5.41, 5.74) is -0.733. The van der Waals surface area contributed by atoms with E-state index >= 15 is 0 Å². The molecule has 3 aromatic rings. The SMILES string of the molecule is O=C1C=C(c2ccc(Cl)cc2)[C@]2(O1)[C@@H](O)c1ccccc1N2S(=O)(=O)c1ccccc1Br. The maximum absolute atomic E-state index is 14.0. The maximum atomic E-state index is 14.0. The van der Waals surface area contributed by atoms with Gasteiger partial charge in [0.05, 0.1) is 5.69 Å². The van der Waals surface area contributed by atoms with Gasteiger partial charge in [-0.05, 0) is 51.8 Å². The predicted molar refractivity (Wildman–Crippen MR) is 123 cm³/mol. The molecule has 0 saturated heterocycles. The van der Waals surface area contributed by atoms with Gasteiger partial charge in [-0.2, -0.15) is 0 Å². The Balaban J connectivity index is 1.81. The summed E-state index contributed by atoms with van der Waals surface area (Å²) < 4.78 is 35.0. The van der Waals surface area contributed by atoms with Crippen molar-refractivity contribution in [2.24, 2.45) is 0 Å². The van der Waals surface area contributed by atoms with Gasteiger partial charge in [0.2, 0.25) is 0 Å². The molecule has 32 heavy (non-hydrogen) atoms. The van der Waals surface area contributed by atoms with Crippen molar-refractivity contribution in [3.8, 4) is 0 Å². The number of hydrogen-bond acceptors (Lipinski definition) is 5. The Bertz CT molecular complexity index is 1390. The molecule has 9 heteroatoms. The van der Waals surface area contributed by atoms with Crippen molar-refractivity contribution < 1.29 is 23.1 Å². The summed E-state index contributed by atoms with van der Waals surface area (Å²) in [5, 5.41) is 11.9. The van der Waals surface area contributed by atoms with Gasteiger partial charge < -0.3 is 9.84 Å². The first kappa shape index (κ1) is 21.2. The van der Waals surface area contributed by atoms with Crippen LogP contribution in [0.2, 0.25) is 5.02 Å². The number of para-hydroxylation sites is 1. The highest BCUT2D eigenvalue weighted by molar-refractivity contribution is 9.10. The van der Waals surface area contributed by atoms with E-state index in [2.05, 4.69) is 15.9 Å². The molecule has 1 N–H and O–H groups in total. The first-order valence-electron chi connectivity index (χ1n) is 9.55. The molecule has 0 unspecified atom stereocenters. The van der Waals surface area contributed by atoms with Gasteiger partial charge >= 0.3 is 5.97 Å². The van der Waals surface area contributed by atoms with E-state index in [0.29, 0.717) is 20.6 Å². The molecule has 0 aliphatic carbocycles. The number of rotatable bonds is 3. The smallest absolute Gasteiger partial charge is 0.333 e. The Kier molecular flexibility index (Phi) is 4.94. The van der Waals surface area contributed by atoms with Crippen LogP contribution >= 0.6 is 27.5 Å². The molecule has 0 bridgehead atoms. The van der Waals surface area contributed by atoms with Gasteiger partial charge in [-0.1, -0.05) is 54.1 Å². The minimum Gasteiger partial charge on any atom is -0.427 e. The fourth-order valence-electron chi connectivity index (χ4n) is 4.20. The summed E-state index contributed by atoms with van der Waals surface area (Å²) in [6, 6.07) is 19.4. The second kappa shape index (κ2) is 7.45. The van der Waals surface area contributed by atoms with E-state index < -0.39 is 27.8 Å². The molecule has 2 heterocycles. The van der Waals surface area contributed by atoms with Crippen LogP contribution in [0.1, 0.15) is 17.2 Å². The molecule has 5 rings (SSSR count). The summed E-state index contributed by atoms with van der Waals surface area (Å²) in [7, 11) is -4.30. The van der Waals surface area contributed by atoms with Crippen LogP contribution in [0.5, 0.6) is 0 Å². The normalized spacial score (nSPS) is 22.1. The van der Waals surface area contributed by atoms with E-state index in [1.54, 1.807) is 66.7 Å². The van der Waals surface area contributed by atoms with Crippen molar-refractivity contribution in [3.63, 3.8) is 0 Å². The topological polar surface area (TPSA) is 83.9 Å². The first-order chi connectivity index (χ1) is 15.3. The summed E-state index contributed by atoms with van der Waals surface area (Å²) in [5.74, 6) is -0.755. The molecule has 2 atom stereocenters. The molecular weight excluding hydrogens is 518 g/mol. The van der Waals surface area contributed by atoms with Crippen LogP contribution in [0.15, 0.2) is 88.2 Å². The van der Waals surface area contributed by atoms with Crippen molar-refractivity contribution in [3.05, 3.63) is 99.5 Å². The van der Waals surface area contributed by atoms with Crippen molar-refractivity contribution in [2.75, 3.05) is 4.31 Å². The monoisotopic (exact) mass is 531 g/mol. The van der Waals surface area contributed by atoms with Crippen LogP contribution in [-0.2, 0) is 19.6 Å². The largest absolute Gasteiger partial charge is 0.427 e. The molecular formula is C23H15BrClNO5S. The molecule has 0 radical (unpaired) electrons. The highest BCUT2D eigenvalue weighted by Gasteiger charge is 2.64. The molecule has 0 amide bonds. The minimum absolute atomic E-state index is 0.0262. The van der Waals surface area contributed by atoms with Crippen LogP contribution in [-0.4, -0.2) is 25.2 Å². The molecule has 6 nitrogen and oxygen atoms in total. The summed E-state index contributed by atoms with van der Waals surface area (Å²) in [4.78, 5) is 12.5. The number of halogens is 2. The third-order valence-electron chi connectivity index (χ3n) is 5.54. The number of fused-ring (bicyclic) bond motifs is 1. The van der Waals surface area contributed by atoms with Crippen LogP contribution in [0.4, 0.5) is 5.69 Å². The summed E-state index contributed by atoms with van der Waals surface area (Å²) >= 11 is 9.33. The Morgan fingerprint density at radius 1 is 1.00 bits per heavy atom. The zero-order valence-corrected chi connectivity index (χ0v) is 19.4. The standard InChI is InChI=1S/C23H15BrClNO5S/c24-18-6-2-4-8-20(18)32(29,30)26-19-7-3-1-5-16(19)22(28)23(26)17(13-21(27)31-23)14-9-11-15(25)12-10-14/h1-13,22,28H/t22-,23-/m0/s1. The van der Waals surface area contributed by atoms with E-state index in [9.17, 15) is 18.3 Å². The Morgan fingerprint density at radius 3 is 2.38 bits per heavy atom. The average molecular weight is 533 g/mol. The lowest BCUT2D eigenvalue weighted by atomic mass is 9.91. The predicted octanol–water partition coefficient (Wildman–Crippen LogP) is 4.68. The Hall–Kier alpha value is -2.65. The number of esters is 1. The molecule has 1 spiro atoms. The van der Waals surface area contributed by atoms with E-state index in [0.717, 1.165) is 4.31 Å². The summed E-state index contributed by atoms with van der Waals surface area (Å²) in [6.45, 7) is 0. The van der Waals surface area contributed by atoms with Gasteiger partial charge in [-0.3, -0.25) is 0 Å². The Morgan fingerprint density at radius 2 is 1.66 bits per heavy atom. The minimum atomic E-state index is -4.30. The number of sulfonamides is 1. The van der Waals surface area contributed by atoms with Crippen molar-refractivity contribution in [2.45, 2.75) is 16.7 Å². The van der Waals surface area contributed by atoms with Crippen LogP contribution in [0, 0.1) is 0 Å². The van der Waals surface area contributed by atoms with Gasteiger partial charge in [-0.25, -0.2) is 17.5 Å². The van der Waals surface area contributed by atoms with Crippen molar-refractivity contribution >= 4 is 54.8 Å². The number of anilines is 1. The zero-order valence-electron chi connectivity index (χ0n) is 16.3. The van der Waals surface area contributed by atoms with E-state index in [4.69, 9.17) is 16.3 Å². The number of aliphatic hydroxyl groups is 1. The van der Waals surface area contributed by atoms with E-state index in [-0.39, 0.29) is 16.2 Å². The van der Waals surface area contributed by atoms with Gasteiger partial charge in [0, 0.05) is 26.7 Å². The highest BCUT2D eigenvalue weighted by Crippen LogP contribution is 2.57. The van der Waals surface area contributed by atoms with Gasteiger partial charge in [-0.15, -0.1) is 0 Å². The second-order valence-corrected chi connectivity index (χ2v) is 10.4. The molecule has 0 fully saturated rings. The van der Waals surface area contributed by atoms with E-state index in [1.165, 1.54) is 12.1 Å². The van der Waals surface area contributed by atoms with Crippen LogP contribution < -0.4 is 4.31 Å². The first-order valence-corrected chi connectivity index (χ1v) is 12.2. The summed E-state index contributed by atoms with van der Waals surface area (Å²) in [6.07, 6.45) is -0.245. The van der Waals surface area contributed by atoms with E-state index in [1.807, 2.05) is 0 Å². The zero-order chi connectivity index (χ0) is 22.7. The number of ether oxygens (including phenoxy) is 1. The molecule has 162 valence electrons. The molecule has 3 aromatic carbocycles. The Labute approximate surface area is 197 Å². The van der Waals surface area contributed by atoms with Gasteiger partial charge in [0.25, 0.3) is 15.7 Å². The number of benzene rings is 3. The van der Waals surface area contributed by atoms with Crippen LogP contribution in [0.3, 0.4) is 0 Å². The third-order valence-corrected chi connectivity index (χ3v) is 8.60. The number of aliphatic hydroxyl groups excluding tert-OH is 1. The van der Waals surface area contributed by atoms with Gasteiger partial charge in [0.15, 0.2) is 0 Å². The number of hydrogen-bond donors (Lipinski definition) is 1. The molecule has 2 aliphatic heterocycles. The maximum Gasteiger partial charge on any atom is 0.333 e. The fraction of sp³-hybridized carbons (Fsp3) is 0.0870. The number of nitrogens with zero attached hydrogens (tertiary/aromatic N) is 1. The molecule has 2 aliphatic rings. The quantitative estimate of drug-likeness (QED) is 0.495. The fourth-order valence-corrected chi connectivity index (χ4v) is 7.00. The number of carbonyl (C=O) groups is 1. The highest BCUT2D eigenvalue weighted by atomic mass is 79.9. The van der Waals surface area contributed by atoms with Gasteiger partial charge in [0.1, 0.15) is 11.0 Å². The van der Waals surface area contributed by atoms with Crippen molar-refractivity contribution in [1.82, 2.24) is 0 Å². The average Bonchev–Trinajstić information content (AvgIpc) is 3.24. The lowest BCUT2D eigenvalue weighted by Crippen LogP contribution is -2.53. The van der Waals surface area contributed by atoms with Crippen molar-refractivity contribution in [1.29, 1.82) is 0 Å².